The summed E-state index contributed by atoms with van der Waals surface area (Å²) in [5, 5.41) is 12.6. The summed E-state index contributed by atoms with van der Waals surface area (Å²) in [5.74, 6) is 0.163. The summed E-state index contributed by atoms with van der Waals surface area (Å²) in [5.41, 5.74) is 1.79. The minimum atomic E-state index is -0.276. The molecule has 2 amide bonds. The minimum Gasteiger partial charge on any atom is -0.504 e. The molecule has 0 spiro atoms. The summed E-state index contributed by atoms with van der Waals surface area (Å²) in [6.45, 7) is 1.01. The lowest BCUT2D eigenvalue weighted by Gasteiger charge is -2.36. The van der Waals surface area contributed by atoms with Gasteiger partial charge in [-0.25, -0.2) is 9.18 Å². The van der Waals surface area contributed by atoms with E-state index in [1.54, 1.807) is 30.3 Å². The number of hydrogen-bond acceptors (Lipinski definition) is 3. The average Bonchev–Trinajstić information content (AvgIpc) is 2.67. The highest BCUT2D eigenvalue weighted by Gasteiger charge is 2.27. The largest absolute Gasteiger partial charge is 0.504 e. The van der Waals surface area contributed by atoms with Crippen molar-refractivity contribution >= 4 is 6.03 Å². The van der Waals surface area contributed by atoms with Crippen molar-refractivity contribution < 1.29 is 19.0 Å². The molecule has 2 aromatic rings. The molecule has 0 saturated carbocycles. The molecule has 1 aliphatic heterocycles. The van der Waals surface area contributed by atoms with Crippen molar-refractivity contribution in [2.24, 2.45) is 0 Å². The summed E-state index contributed by atoms with van der Waals surface area (Å²) >= 11 is 0. The lowest BCUT2D eigenvalue weighted by molar-refractivity contribution is 0.151. The quantitative estimate of drug-likeness (QED) is 0.869. The van der Waals surface area contributed by atoms with Gasteiger partial charge in [-0.15, -0.1) is 0 Å². The van der Waals surface area contributed by atoms with E-state index in [9.17, 15) is 14.3 Å². The summed E-state index contributed by atoms with van der Waals surface area (Å²) in [7, 11) is 1.48. The third-order valence-corrected chi connectivity index (χ3v) is 4.71. The van der Waals surface area contributed by atoms with E-state index in [-0.39, 0.29) is 23.6 Å². The van der Waals surface area contributed by atoms with E-state index >= 15 is 0 Å². The highest BCUT2D eigenvalue weighted by Crippen LogP contribution is 2.31. The number of urea groups is 1. The second kappa shape index (κ2) is 8.08. The molecule has 1 unspecified atom stereocenters. The number of hydrogen-bond donors (Lipinski definition) is 2. The van der Waals surface area contributed by atoms with Gasteiger partial charge in [-0.2, -0.15) is 0 Å². The molecule has 0 aromatic heterocycles. The fraction of sp³-hybridized carbons (Fsp3) is 0.350. The number of benzene rings is 2. The van der Waals surface area contributed by atoms with Crippen LogP contribution in [-0.4, -0.2) is 29.7 Å². The van der Waals surface area contributed by atoms with E-state index in [2.05, 4.69) is 5.32 Å². The Labute approximate surface area is 152 Å². The normalized spacial score (nSPS) is 17.0. The van der Waals surface area contributed by atoms with E-state index < -0.39 is 0 Å². The van der Waals surface area contributed by atoms with Crippen LogP contribution in [0.1, 0.15) is 36.4 Å². The lowest BCUT2D eigenvalue weighted by Crippen LogP contribution is -2.44. The predicted octanol–water partition coefficient (Wildman–Crippen LogP) is 3.98. The van der Waals surface area contributed by atoms with Gasteiger partial charge in [0.25, 0.3) is 0 Å². The van der Waals surface area contributed by atoms with Gasteiger partial charge in [0.05, 0.1) is 13.2 Å². The van der Waals surface area contributed by atoms with E-state index in [1.807, 2.05) is 4.90 Å². The molecule has 1 atom stereocenters. The Balaban J connectivity index is 1.68. The topological polar surface area (TPSA) is 61.8 Å². The first kappa shape index (κ1) is 18.0. The number of piperidine rings is 1. The number of likely N-dealkylation sites (tertiary alicyclic amines) is 1. The Morgan fingerprint density at radius 3 is 2.77 bits per heavy atom. The van der Waals surface area contributed by atoms with Crippen molar-refractivity contribution in [3.8, 4) is 11.5 Å². The number of rotatable bonds is 4. The lowest BCUT2D eigenvalue weighted by atomic mass is 9.95. The van der Waals surface area contributed by atoms with Crippen LogP contribution in [0.15, 0.2) is 42.5 Å². The van der Waals surface area contributed by atoms with Crippen molar-refractivity contribution in [2.75, 3.05) is 13.7 Å². The summed E-state index contributed by atoms with van der Waals surface area (Å²) in [6, 6.07) is 11.2. The molecule has 2 N–H and O–H groups in total. The van der Waals surface area contributed by atoms with Crippen molar-refractivity contribution in [1.29, 1.82) is 0 Å². The van der Waals surface area contributed by atoms with Gasteiger partial charge >= 0.3 is 6.03 Å². The Hall–Kier alpha value is -2.76. The molecule has 0 aliphatic carbocycles. The first-order valence-electron chi connectivity index (χ1n) is 8.74. The second-order valence-corrected chi connectivity index (χ2v) is 6.42. The summed E-state index contributed by atoms with van der Waals surface area (Å²) in [4.78, 5) is 14.5. The van der Waals surface area contributed by atoms with Gasteiger partial charge < -0.3 is 20.1 Å². The van der Waals surface area contributed by atoms with Gasteiger partial charge in [0.1, 0.15) is 5.82 Å². The van der Waals surface area contributed by atoms with Crippen LogP contribution in [-0.2, 0) is 6.54 Å². The van der Waals surface area contributed by atoms with Gasteiger partial charge in [0.15, 0.2) is 11.5 Å². The van der Waals surface area contributed by atoms with Crippen LogP contribution in [0.4, 0.5) is 9.18 Å². The molecule has 1 saturated heterocycles. The van der Waals surface area contributed by atoms with E-state index in [0.29, 0.717) is 18.8 Å². The number of nitrogens with one attached hydrogen (secondary N) is 1. The van der Waals surface area contributed by atoms with Crippen molar-refractivity contribution in [2.45, 2.75) is 31.8 Å². The third-order valence-electron chi connectivity index (χ3n) is 4.71. The van der Waals surface area contributed by atoms with Crippen LogP contribution < -0.4 is 10.1 Å². The van der Waals surface area contributed by atoms with E-state index in [1.165, 1.54) is 19.2 Å². The fourth-order valence-corrected chi connectivity index (χ4v) is 3.32. The van der Waals surface area contributed by atoms with Crippen LogP contribution >= 0.6 is 0 Å². The molecule has 0 bridgehead atoms. The number of carbonyl (C=O) groups excluding carboxylic acids is 1. The number of halogens is 1. The number of aromatic hydroxyl groups is 1. The molecule has 0 radical (unpaired) electrons. The van der Waals surface area contributed by atoms with Gasteiger partial charge in [0, 0.05) is 13.1 Å². The first-order valence-corrected chi connectivity index (χ1v) is 8.74. The van der Waals surface area contributed by atoms with Crippen LogP contribution in [0, 0.1) is 5.82 Å². The number of phenols is 1. The van der Waals surface area contributed by atoms with Gasteiger partial charge in [-0.1, -0.05) is 18.2 Å². The first-order chi connectivity index (χ1) is 12.6. The molecule has 1 aliphatic rings. The molecule has 6 heteroatoms. The second-order valence-electron chi connectivity index (χ2n) is 6.42. The SMILES string of the molecule is COc1cc(CNC(=O)N2CCCCC2c2ccc(F)cc2)ccc1O. The molecule has 3 rings (SSSR count). The maximum Gasteiger partial charge on any atom is 0.318 e. The number of carbonyl (C=O) groups is 1. The summed E-state index contributed by atoms with van der Waals surface area (Å²) < 4.78 is 18.3. The summed E-state index contributed by atoms with van der Waals surface area (Å²) in [6.07, 6.45) is 2.87. The van der Waals surface area contributed by atoms with Gasteiger partial charge in [-0.05, 0) is 54.7 Å². The van der Waals surface area contributed by atoms with Gasteiger partial charge in [-0.3, -0.25) is 0 Å². The zero-order valence-electron chi connectivity index (χ0n) is 14.7. The number of amides is 2. The predicted molar refractivity (Wildman–Crippen MR) is 96.6 cm³/mol. The highest BCUT2D eigenvalue weighted by atomic mass is 19.1. The maximum absolute atomic E-state index is 13.2. The molecule has 138 valence electrons. The fourth-order valence-electron chi connectivity index (χ4n) is 3.32. The Bertz CT molecular complexity index is 764. The van der Waals surface area contributed by atoms with Crippen molar-refractivity contribution in [1.82, 2.24) is 10.2 Å². The van der Waals surface area contributed by atoms with E-state index in [4.69, 9.17) is 4.74 Å². The minimum absolute atomic E-state index is 0.0429. The van der Waals surface area contributed by atoms with Crippen LogP contribution in [0.2, 0.25) is 0 Å². The zero-order chi connectivity index (χ0) is 18.5. The Morgan fingerprint density at radius 1 is 1.27 bits per heavy atom. The molecule has 1 heterocycles. The highest BCUT2D eigenvalue weighted by molar-refractivity contribution is 5.75. The van der Waals surface area contributed by atoms with Crippen LogP contribution in [0.25, 0.3) is 0 Å². The standard InChI is InChI=1S/C20H23FN2O3/c1-26-19-12-14(5-10-18(19)24)13-22-20(25)23-11-3-2-4-17(23)15-6-8-16(21)9-7-15/h5-10,12,17,24H,2-4,11,13H2,1H3,(H,22,25). The van der Waals surface area contributed by atoms with Crippen LogP contribution in [0.5, 0.6) is 11.5 Å². The van der Waals surface area contributed by atoms with Gasteiger partial charge in [0.2, 0.25) is 0 Å². The molecule has 5 nitrogen and oxygen atoms in total. The number of ether oxygens (including phenoxy) is 1. The number of phenolic OH excluding ortho intramolecular Hbond substituents is 1. The molecule has 1 fully saturated rings. The van der Waals surface area contributed by atoms with Crippen molar-refractivity contribution in [3.05, 3.63) is 59.4 Å². The number of nitrogens with zero attached hydrogens (tertiary/aromatic N) is 1. The molecule has 26 heavy (non-hydrogen) atoms. The molecular formula is C20H23FN2O3. The molecular weight excluding hydrogens is 335 g/mol. The third kappa shape index (κ3) is 4.07. The Kier molecular flexibility index (Phi) is 5.61. The van der Waals surface area contributed by atoms with Crippen molar-refractivity contribution in [3.63, 3.8) is 0 Å². The van der Waals surface area contributed by atoms with Crippen LogP contribution in [0.3, 0.4) is 0 Å². The zero-order valence-corrected chi connectivity index (χ0v) is 14.7. The monoisotopic (exact) mass is 358 g/mol. The van der Waals surface area contributed by atoms with E-state index in [0.717, 1.165) is 30.4 Å². The average molecular weight is 358 g/mol. The Morgan fingerprint density at radius 2 is 2.04 bits per heavy atom. The number of methoxy groups -OCH3 is 1. The molecule has 2 aromatic carbocycles. The maximum atomic E-state index is 13.2. The smallest absolute Gasteiger partial charge is 0.318 e.